The Labute approximate surface area is 120 Å². The van der Waals surface area contributed by atoms with E-state index in [1.165, 1.54) is 6.07 Å². The van der Waals surface area contributed by atoms with Gasteiger partial charge in [-0.3, -0.25) is 10.8 Å². The predicted octanol–water partition coefficient (Wildman–Crippen LogP) is 3.07. The molecule has 0 saturated carbocycles. The molecule has 3 nitrogen and oxygen atoms in total. The van der Waals surface area contributed by atoms with E-state index in [0.717, 1.165) is 28.6 Å². The van der Waals surface area contributed by atoms with Gasteiger partial charge in [0.15, 0.2) is 11.6 Å². The van der Waals surface area contributed by atoms with Crippen molar-refractivity contribution in [2.45, 2.75) is 6.04 Å². The van der Waals surface area contributed by atoms with Crippen molar-refractivity contribution in [1.82, 2.24) is 10.4 Å². The minimum atomic E-state index is -0.897. The monoisotopic (exact) mass is 285 g/mol. The number of halogens is 2. The van der Waals surface area contributed by atoms with Gasteiger partial charge in [-0.25, -0.2) is 14.2 Å². The van der Waals surface area contributed by atoms with Gasteiger partial charge in [0.25, 0.3) is 0 Å². The molecule has 0 saturated heterocycles. The number of fused-ring (bicyclic) bond motifs is 1. The first-order valence-corrected chi connectivity index (χ1v) is 6.45. The molecular weight excluding hydrogens is 272 g/mol. The molecule has 0 aliphatic heterocycles. The Balaban J connectivity index is 2.06. The van der Waals surface area contributed by atoms with Gasteiger partial charge >= 0.3 is 0 Å². The number of hydrogen-bond acceptors (Lipinski definition) is 3. The molecule has 1 atom stereocenters. The summed E-state index contributed by atoms with van der Waals surface area (Å²) in [5.74, 6) is 3.81. The molecule has 21 heavy (non-hydrogen) atoms. The first-order chi connectivity index (χ1) is 10.2. The van der Waals surface area contributed by atoms with Crippen molar-refractivity contribution < 1.29 is 8.78 Å². The first-order valence-electron chi connectivity index (χ1n) is 6.45. The average molecular weight is 285 g/mol. The van der Waals surface area contributed by atoms with E-state index in [4.69, 9.17) is 5.84 Å². The number of nitrogens with zero attached hydrogens (tertiary/aromatic N) is 1. The Kier molecular flexibility index (Phi) is 3.60. The molecule has 3 rings (SSSR count). The molecule has 0 aliphatic carbocycles. The van der Waals surface area contributed by atoms with E-state index in [2.05, 4.69) is 10.4 Å². The molecule has 0 amide bonds. The van der Waals surface area contributed by atoms with E-state index in [1.54, 1.807) is 6.20 Å². The normalized spacial score (nSPS) is 12.5. The Morgan fingerprint density at radius 1 is 0.952 bits per heavy atom. The molecule has 106 valence electrons. The van der Waals surface area contributed by atoms with Crippen molar-refractivity contribution >= 4 is 10.9 Å². The summed E-state index contributed by atoms with van der Waals surface area (Å²) < 4.78 is 26.4. The lowest BCUT2D eigenvalue weighted by Crippen LogP contribution is -2.29. The maximum Gasteiger partial charge on any atom is 0.159 e. The standard InChI is InChI=1S/C16H13F2N3/c17-13-6-5-11(8-14(13)18)16(21-19)12-4-3-10-2-1-7-20-15(10)9-12/h1-9,16,21H,19H2. The molecule has 0 aliphatic rings. The molecule has 5 heteroatoms. The minimum Gasteiger partial charge on any atom is -0.271 e. The van der Waals surface area contributed by atoms with Crippen LogP contribution in [0.3, 0.4) is 0 Å². The Bertz CT molecular complexity index is 789. The van der Waals surface area contributed by atoms with E-state index < -0.39 is 17.7 Å². The fraction of sp³-hybridized carbons (Fsp3) is 0.0625. The average Bonchev–Trinajstić information content (AvgIpc) is 2.51. The highest BCUT2D eigenvalue weighted by Crippen LogP contribution is 2.25. The van der Waals surface area contributed by atoms with Crippen LogP contribution in [0.1, 0.15) is 17.2 Å². The minimum absolute atomic E-state index is 0.438. The van der Waals surface area contributed by atoms with E-state index in [1.807, 2.05) is 30.3 Å². The topological polar surface area (TPSA) is 50.9 Å². The van der Waals surface area contributed by atoms with Crippen molar-refractivity contribution in [2.24, 2.45) is 5.84 Å². The zero-order valence-electron chi connectivity index (χ0n) is 11.1. The Morgan fingerprint density at radius 3 is 2.48 bits per heavy atom. The smallest absolute Gasteiger partial charge is 0.159 e. The van der Waals surface area contributed by atoms with Gasteiger partial charge in [0, 0.05) is 11.6 Å². The van der Waals surface area contributed by atoms with Gasteiger partial charge in [0.05, 0.1) is 11.6 Å². The van der Waals surface area contributed by atoms with Crippen LogP contribution in [0, 0.1) is 11.6 Å². The molecule has 2 aromatic carbocycles. The maximum absolute atomic E-state index is 13.4. The summed E-state index contributed by atoms with van der Waals surface area (Å²) in [5, 5.41) is 1.00. The van der Waals surface area contributed by atoms with Crippen molar-refractivity contribution in [2.75, 3.05) is 0 Å². The second kappa shape index (κ2) is 5.55. The van der Waals surface area contributed by atoms with Gasteiger partial charge in [0.2, 0.25) is 0 Å². The van der Waals surface area contributed by atoms with Crippen molar-refractivity contribution in [3.8, 4) is 0 Å². The molecule has 0 spiro atoms. The first kappa shape index (κ1) is 13.6. The summed E-state index contributed by atoms with van der Waals surface area (Å²) in [5.41, 5.74) is 4.82. The molecule has 1 aromatic heterocycles. The number of nitrogens with two attached hydrogens (primary N) is 1. The second-order valence-corrected chi connectivity index (χ2v) is 4.73. The third-order valence-corrected chi connectivity index (χ3v) is 3.41. The molecule has 0 radical (unpaired) electrons. The summed E-state index contributed by atoms with van der Waals surface area (Å²) in [6.07, 6.45) is 1.70. The molecule has 1 unspecified atom stereocenters. The highest BCUT2D eigenvalue weighted by atomic mass is 19.2. The van der Waals surface area contributed by atoms with Crippen LogP contribution < -0.4 is 11.3 Å². The summed E-state index contributed by atoms with van der Waals surface area (Å²) in [6.45, 7) is 0. The van der Waals surface area contributed by atoms with Gasteiger partial charge in [0.1, 0.15) is 0 Å². The summed E-state index contributed by atoms with van der Waals surface area (Å²) in [7, 11) is 0. The summed E-state index contributed by atoms with van der Waals surface area (Å²) in [4.78, 5) is 4.28. The van der Waals surface area contributed by atoms with E-state index in [-0.39, 0.29) is 0 Å². The van der Waals surface area contributed by atoms with E-state index >= 15 is 0 Å². The zero-order chi connectivity index (χ0) is 14.8. The number of rotatable bonds is 3. The van der Waals surface area contributed by atoms with Crippen LogP contribution in [-0.4, -0.2) is 4.98 Å². The van der Waals surface area contributed by atoms with Gasteiger partial charge in [-0.1, -0.05) is 24.3 Å². The molecule has 1 heterocycles. The summed E-state index contributed by atoms with van der Waals surface area (Å²) >= 11 is 0. The highest BCUT2D eigenvalue weighted by Gasteiger charge is 2.15. The van der Waals surface area contributed by atoms with Crippen molar-refractivity contribution in [1.29, 1.82) is 0 Å². The van der Waals surface area contributed by atoms with Gasteiger partial charge in [-0.2, -0.15) is 0 Å². The van der Waals surface area contributed by atoms with Gasteiger partial charge in [-0.15, -0.1) is 0 Å². The molecule has 0 fully saturated rings. The Hall–Kier alpha value is -2.37. The van der Waals surface area contributed by atoms with Crippen LogP contribution in [0.25, 0.3) is 10.9 Å². The van der Waals surface area contributed by atoms with Crippen LogP contribution in [0.4, 0.5) is 8.78 Å². The SMILES string of the molecule is NNC(c1ccc(F)c(F)c1)c1ccc2cccnc2c1. The third kappa shape index (κ3) is 2.61. The lowest BCUT2D eigenvalue weighted by molar-refractivity contribution is 0.504. The maximum atomic E-state index is 13.4. The van der Waals surface area contributed by atoms with Crippen molar-refractivity contribution in [3.05, 3.63) is 77.5 Å². The summed E-state index contributed by atoms with van der Waals surface area (Å²) in [6, 6.07) is 12.8. The highest BCUT2D eigenvalue weighted by molar-refractivity contribution is 5.79. The lowest BCUT2D eigenvalue weighted by atomic mass is 9.98. The number of pyridine rings is 1. The number of hydrazine groups is 1. The lowest BCUT2D eigenvalue weighted by Gasteiger charge is -2.17. The molecular formula is C16H13F2N3. The number of nitrogens with one attached hydrogen (secondary N) is 1. The fourth-order valence-electron chi connectivity index (χ4n) is 2.34. The zero-order valence-corrected chi connectivity index (χ0v) is 11.1. The van der Waals surface area contributed by atoms with Crippen LogP contribution in [0.5, 0.6) is 0 Å². The number of hydrogen-bond donors (Lipinski definition) is 2. The number of benzene rings is 2. The van der Waals surface area contributed by atoms with E-state index in [0.29, 0.717) is 5.56 Å². The largest absolute Gasteiger partial charge is 0.271 e. The van der Waals surface area contributed by atoms with Gasteiger partial charge in [-0.05, 0) is 35.4 Å². The Morgan fingerprint density at radius 2 is 1.71 bits per heavy atom. The van der Waals surface area contributed by atoms with Crippen molar-refractivity contribution in [3.63, 3.8) is 0 Å². The molecule has 3 N–H and O–H groups in total. The quantitative estimate of drug-likeness (QED) is 0.574. The van der Waals surface area contributed by atoms with Crippen LogP contribution in [0.2, 0.25) is 0 Å². The van der Waals surface area contributed by atoms with Crippen LogP contribution >= 0.6 is 0 Å². The van der Waals surface area contributed by atoms with Crippen LogP contribution in [-0.2, 0) is 0 Å². The predicted molar refractivity (Wildman–Crippen MR) is 77.3 cm³/mol. The van der Waals surface area contributed by atoms with Crippen LogP contribution in [0.15, 0.2) is 54.7 Å². The third-order valence-electron chi connectivity index (χ3n) is 3.41. The fourth-order valence-corrected chi connectivity index (χ4v) is 2.34. The molecule has 3 aromatic rings. The number of aromatic nitrogens is 1. The second-order valence-electron chi connectivity index (χ2n) is 4.73. The van der Waals surface area contributed by atoms with E-state index in [9.17, 15) is 8.78 Å². The van der Waals surface area contributed by atoms with Gasteiger partial charge < -0.3 is 0 Å². The molecule has 0 bridgehead atoms.